The minimum Gasteiger partial charge on any atom is -0.452 e. The fraction of sp³-hybridized carbons (Fsp3) is 0.158. The van der Waals surface area contributed by atoms with E-state index in [0.29, 0.717) is 12.1 Å². The van der Waals surface area contributed by atoms with Crippen LogP contribution in [0.2, 0.25) is 5.02 Å². The second-order valence-electron chi connectivity index (χ2n) is 5.83. The van der Waals surface area contributed by atoms with E-state index < -0.39 is 10.9 Å². The Kier molecular flexibility index (Phi) is 5.52. The van der Waals surface area contributed by atoms with E-state index in [4.69, 9.17) is 16.3 Å². The van der Waals surface area contributed by atoms with Gasteiger partial charge in [-0.15, -0.1) is 0 Å². The number of carbonyl (C=O) groups is 2. The highest BCUT2D eigenvalue weighted by atomic mass is 35.5. The SMILES string of the molecule is O=C(/C=C/c1ccc(Cl)c([N+](=O)[O-])c1)OCC(=O)N1CCc2ccccc21. The van der Waals surface area contributed by atoms with Crippen LogP contribution in [0.3, 0.4) is 0 Å². The maximum Gasteiger partial charge on any atom is 0.331 e. The third-order valence-electron chi connectivity index (χ3n) is 4.10. The first-order chi connectivity index (χ1) is 13.0. The summed E-state index contributed by atoms with van der Waals surface area (Å²) in [5.41, 5.74) is 2.09. The van der Waals surface area contributed by atoms with Gasteiger partial charge in [-0.05, 0) is 35.8 Å². The fourth-order valence-corrected chi connectivity index (χ4v) is 2.98. The molecule has 2 aromatic rings. The van der Waals surface area contributed by atoms with E-state index in [2.05, 4.69) is 0 Å². The summed E-state index contributed by atoms with van der Waals surface area (Å²) in [6, 6.07) is 11.7. The Labute approximate surface area is 160 Å². The summed E-state index contributed by atoms with van der Waals surface area (Å²) in [5, 5.41) is 10.9. The highest BCUT2D eigenvalue weighted by Crippen LogP contribution is 2.27. The lowest BCUT2D eigenvalue weighted by Gasteiger charge is -2.16. The predicted molar refractivity (Wildman–Crippen MR) is 101 cm³/mol. The van der Waals surface area contributed by atoms with Crippen LogP contribution in [0.1, 0.15) is 11.1 Å². The quantitative estimate of drug-likeness (QED) is 0.340. The second-order valence-corrected chi connectivity index (χ2v) is 6.24. The molecular formula is C19H15ClN2O5. The van der Waals surface area contributed by atoms with Crippen LogP contribution in [-0.4, -0.2) is 30.0 Å². The Morgan fingerprint density at radius 2 is 2.04 bits per heavy atom. The Balaban J connectivity index is 1.57. The van der Waals surface area contributed by atoms with Gasteiger partial charge in [0, 0.05) is 24.4 Å². The zero-order valence-corrected chi connectivity index (χ0v) is 14.9. The largest absolute Gasteiger partial charge is 0.452 e. The monoisotopic (exact) mass is 386 g/mol. The maximum atomic E-state index is 12.3. The molecule has 1 amide bonds. The second kappa shape index (κ2) is 8.01. The van der Waals surface area contributed by atoms with Crippen molar-refractivity contribution in [2.75, 3.05) is 18.1 Å². The molecule has 138 valence electrons. The van der Waals surface area contributed by atoms with Gasteiger partial charge in [-0.3, -0.25) is 14.9 Å². The van der Waals surface area contributed by atoms with Gasteiger partial charge in [0.25, 0.3) is 11.6 Å². The number of nitrogens with zero attached hydrogens (tertiary/aromatic N) is 2. The van der Waals surface area contributed by atoms with Crippen molar-refractivity contribution in [1.29, 1.82) is 0 Å². The van der Waals surface area contributed by atoms with Gasteiger partial charge < -0.3 is 9.64 Å². The van der Waals surface area contributed by atoms with E-state index in [1.807, 2.05) is 24.3 Å². The number of fused-ring (bicyclic) bond motifs is 1. The van der Waals surface area contributed by atoms with E-state index in [-0.39, 0.29) is 23.2 Å². The van der Waals surface area contributed by atoms with Crippen molar-refractivity contribution in [3.05, 3.63) is 74.8 Å². The van der Waals surface area contributed by atoms with Crippen LogP contribution in [0, 0.1) is 10.1 Å². The van der Waals surface area contributed by atoms with Gasteiger partial charge >= 0.3 is 5.97 Å². The van der Waals surface area contributed by atoms with Gasteiger partial charge in [0.2, 0.25) is 0 Å². The topological polar surface area (TPSA) is 89.7 Å². The van der Waals surface area contributed by atoms with Crippen molar-refractivity contribution in [2.45, 2.75) is 6.42 Å². The zero-order chi connectivity index (χ0) is 19.4. The lowest BCUT2D eigenvalue weighted by molar-refractivity contribution is -0.384. The minimum atomic E-state index is -0.714. The number of carbonyl (C=O) groups excluding carboxylic acids is 2. The Hall–Kier alpha value is -3.19. The number of amides is 1. The van der Waals surface area contributed by atoms with Gasteiger partial charge in [-0.1, -0.05) is 35.9 Å². The summed E-state index contributed by atoms with van der Waals surface area (Å²) in [4.78, 5) is 36.0. The Bertz CT molecular complexity index is 941. The van der Waals surface area contributed by atoms with Gasteiger partial charge in [0.1, 0.15) is 5.02 Å². The fourth-order valence-electron chi connectivity index (χ4n) is 2.79. The summed E-state index contributed by atoms with van der Waals surface area (Å²) in [5.74, 6) is -1.02. The molecule has 0 aromatic heterocycles. The molecule has 3 rings (SSSR count). The zero-order valence-electron chi connectivity index (χ0n) is 14.1. The van der Waals surface area contributed by atoms with Crippen molar-refractivity contribution in [1.82, 2.24) is 0 Å². The summed E-state index contributed by atoms with van der Waals surface area (Å²) in [7, 11) is 0. The molecule has 0 atom stereocenters. The molecule has 0 N–H and O–H groups in total. The van der Waals surface area contributed by atoms with Crippen LogP contribution in [0.25, 0.3) is 6.08 Å². The molecule has 8 heteroatoms. The minimum absolute atomic E-state index is 0.0104. The summed E-state index contributed by atoms with van der Waals surface area (Å²) in [6.45, 7) is 0.179. The van der Waals surface area contributed by atoms with Crippen LogP contribution in [0.15, 0.2) is 48.5 Å². The smallest absolute Gasteiger partial charge is 0.331 e. The molecule has 7 nitrogen and oxygen atoms in total. The van der Waals surface area contributed by atoms with E-state index in [1.54, 1.807) is 4.90 Å². The lowest BCUT2D eigenvalue weighted by Crippen LogP contribution is -2.33. The predicted octanol–water partition coefficient (Wildman–Crippen LogP) is 3.39. The highest BCUT2D eigenvalue weighted by Gasteiger charge is 2.24. The number of hydrogen-bond acceptors (Lipinski definition) is 5. The first-order valence-corrected chi connectivity index (χ1v) is 8.50. The van der Waals surface area contributed by atoms with E-state index in [9.17, 15) is 19.7 Å². The van der Waals surface area contributed by atoms with E-state index >= 15 is 0 Å². The van der Waals surface area contributed by atoms with Gasteiger partial charge in [-0.2, -0.15) is 0 Å². The number of nitro benzene ring substituents is 1. The molecule has 1 aliphatic rings. The average molecular weight is 387 g/mol. The number of benzene rings is 2. The first-order valence-electron chi connectivity index (χ1n) is 8.13. The van der Waals surface area contributed by atoms with Crippen molar-refractivity contribution in [2.24, 2.45) is 0 Å². The van der Waals surface area contributed by atoms with Crippen molar-refractivity contribution in [3.63, 3.8) is 0 Å². The number of para-hydroxylation sites is 1. The summed E-state index contributed by atoms with van der Waals surface area (Å²) >= 11 is 5.74. The molecule has 0 saturated carbocycles. The number of halogens is 1. The average Bonchev–Trinajstić information content (AvgIpc) is 3.09. The number of anilines is 1. The molecule has 0 aliphatic carbocycles. The summed E-state index contributed by atoms with van der Waals surface area (Å²) in [6.07, 6.45) is 3.24. The van der Waals surface area contributed by atoms with Crippen LogP contribution >= 0.6 is 11.6 Å². The third-order valence-corrected chi connectivity index (χ3v) is 4.42. The van der Waals surface area contributed by atoms with Crippen LogP contribution in [0.4, 0.5) is 11.4 Å². The van der Waals surface area contributed by atoms with Crippen LogP contribution in [0.5, 0.6) is 0 Å². The number of nitro groups is 1. The van der Waals surface area contributed by atoms with E-state index in [0.717, 1.165) is 23.7 Å². The molecule has 1 aliphatic heterocycles. The van der Waals surface area contributed by atoms with Crippen molar-refractivity contribution < 1.29 is 19.2 Å². The molecule has 0 bridgehead atoms. The van der Waals surface area contributed by atoms with E-state index in [1.165, 1.54) is 24.3 Å². The molecule has 0 radical (unpaired) electrons. The molecule has 0 unspecified atom stereocenters. The highest BCUT2D eigenvalue weighted by molar-refractivity contribution is 6.32. The standard InChI is InChI=1S/C19H15ClN2O5/c20-15-7-5-13(11-17(15)22(25)26)6-8-19(24)27-12-18(23)21-10-9-14-3-1-2-4-16(14)21/h1-8,11H,9-10,12H2/b8-6+. The number of rotatable bonds is 5. The first kappa shape index (κ1) is 18.6. The Morgan fingerprint density at radius 3 is 2.81 bits per heavy atom. The van der Waals surface area contributed by atoms with Gasteiger partial charge in [0.15, 0.2) is 6.61 Å². The normalized spacial score (nSPS) is 12.9. The Morgan fingerprint density at radius 1 is 1.26 bits per heavy atom. The molecule has 0 fully saturated rings. The third kappa shape index (κ3) is 4.32. The van der Waals surface area contributed by atoms with Gasteiger partial charge in [0.05, 0.1) is 4.92 Å². The lowest BCUT2D eigenvalue weighted by atomic mass is 10.2. The number of ether oxygens (including phenoxy) is 1. The van der Waals surface area contributed by atoms with Gasteiger partial charge in [-0.25, -0.2) is 4.79 Å². The molecule has 0 saturated heterocycles. The van der Waals surface area contributed by atoms with Crippen LogP contribution in [-0.2, 0) is 20.7 Å². The molecular weight excluding hydrogens is 372 g/mol. The van der Waals surface area contributed by atoms with Crippen molar-refractivity contribution >= 4 is 40.9 Å². The molecule has 27 heavy (non-hydrogen) atoms. The maximum absolute atomic E-state index is 12.3. The van der Waals surface area contributed by atoms with Crippen LogP contribution < -0.4 is 4.90 Å². The molecule has 1 heterocycles. The molecule has 2 aromatic carbocycles. The summed E-state index contributed by atoms with van der Waals surface area (Å²) < 4.78 is 4.98. The number of esters is 1. The number of hydrogen-bond donors (Lipinski definition) is 0. The molecule has 0 spiro atoms. The van der Waals surface area contributed by atoms with Crippen molar-refractivity contribution in [3.8, 4) is 0 Å².